The Morgan fingerprint density at radius 1 is 1.67 bits per heavy atom. The van der Waals surface area contributed by atoms with Crippen molar-refractivity contribution in [3.63, 3.8) is 0 Å². The summed E-state index contributed by atoms with van der Waals surface area (Å²) < 4.78 is 0. The molecule has 0 amide bonds. The van der Waals surface area contributed by atoms with E-state index in [2.05, 4.69) is 0 Å². The van der Waals surface area contributed by atoms with Crippen molar-refractivity contribution in [2.24, 2.45) is 0 Å². The molecule has 0 fully saturated rings. The average Bonchev–Trinajstić information content (AvgIpc) is 1.87. The fourth-order valence-corrected chi connectivity index (χ4v) is 0.770. The van der Waals surface area contributed by atoms with E-state index in [1.807, 2.05) is 6.92 Å². The summed E-state index contributed by atoms with van der Waals surface area (Å²) in [6.45, 7) is 1.94. The van der Waals surface area contributed by atoms with Gasteiger partial charge in [-0.05, 0) is 6.42 Å². The SMILES string of the molecule is CCCC(=O)C(Cl)CCl. The highest BCUT2D eigenvalue weighted by atomic mass is 35.5. The van der Waals surface area contributed by atoms with E-state index in [0.29, 0.717) is 6.42 Å². The maximum Gasteiger partial charge on any atom is 0.151 e. The summed E-state index contributed by atoms with van der Waals surface area (Å²) in [6, 6.07) is 0. The Labute approximate surface area is 65.3 Å². The molecule has 1 atom stereocenters. The van der Waals surface area contributed by atoms with Crippen LogP contribution in [0, 0.1) is 0 Å². The molecule has 0 aliphatic heterocycles. The van der Waals surface area contributed by atoms with E-state index in [1.54, 1.807) is 0 Å². The number of halogens is 2. The lowest BCUT2D eigenvalue weighted by atomic mass is 10.2. The molecule has 9 heavy (non-hydrogen) atoms. The summed E-state index contributed by atoms with van der Waals surface area (Å²) >= 11 is 10.8. The van der Waals surface area contributed by atoms with E-state index in [9.17, 15) is 4.79 Å². The van der Waals surface area contributed by atoms with Crippen molar-refractivity contribution in [1.82, 2.24) is 0 Å². The van der Waals surface area contributed by atoms with Gasteiger partial charge in [-0.1, -0.05) is 6.92 Å². The zero-order valence-electron chi connectivity index (χ0n) is 5.36. The molecular weight excluding hydrogens is 159 g/mol. The van der Waals surface area contributed by atoms with Crippen LogP contribution in [0.1, 0.15) is 19.8 Å². The first-order valence-electron chi connectivity index (χ1n) is 2.95. The Morgan fingerprint density at radius 3 is 2.56 bits per heavy atom. The number of carbonyl (C=O) groups excluding carboxylic acids is 1. The van der Waals surface area contributed by atoms with Crippen LogP contribution >= 0.6 is 23.2 Å². The van der Waals surface area contributed by atoms with Crippen LogP contribution < -0.4 is 0 Å². The number of alkyl halides is 2. The Kier molecular flexibility index (Phi) is 5.21. The van der Waals surface area contributed by atoms with Gasteiger partial charge in [0.25, 0.3) is 0 Å². The van der Waals surface area contributed by atoms with Gasteiger partial charge in [0.1, 0.15) is 5.38 Å². The molecule has 0 aromatic carbocycles. The van der Waals surface area contributed by atoms with Crippen molar-refractivity contribution in [1.29, 1.82) is 0 Å². The van der Waals surface area contributed by atoms with E-state index >= 15 is 0 Å². The summed E-state index contributed by atoms with van der Waals surface area (Å²) in [4.78, 5) is 10.8. The first-order valence-corrected chi connectivity index (χ1v) is 3.92. The first kappa shape index (κ1) is 9.25. The fraction of sp³-hybridized carbons (Fsp3) is 0.833. The van der Waals surface area contributed by atoms with Crippen LogP contribution in [0.2, 0.25) is 0 Å². The van der Waals surface area contributed by atoms with Gasteiger partial charge in [-0.25, -0.2) is 0 Å². The molecule has 0 aromatic heterocycles. The van der Waals surface area contributed by atoms with Gasteiger partial charge in [-0.3, -0.25) is 4.79 Å². The average molecular weight is 169 g/mol. The zero-order valence-corrected chi connectivity index (χ0v) is 6.87. The lowest BCUT2D eigenvalue weighted by molar-refractivity contribution is -0.118. The number of carbonyl (C=O) groups is 1. The third-order valence-electron chi connectivity index (χ3n) is 0.981. The molecule has 0 heterocycles. The summed E-state index contributed by atoms with van der Waals surface area (Å²) in [6.07, 6.45) is 1.39. The molecule has 0 rings (SSSR count). The molecule has 0 radical (unpaired) electrons. The normalized spacial score (nSPS) is 13.2. The Balaban J connectivity index is 3.46. The maximum absolute atomic E-state index is 10.8. The van der Waals surface area contributed by atoms with Crippen LogP contribution in [0.5, 0.6) is 0 Å². The van der Waals surface area contributed by atoms with Crippen LogP contribution in [0.4, 0.5) is 0 Å². The van der Waals surface area contributed by atoms with E-state index in [1.165, 1.54) is 0 Å². The molecule has 0 aliphatic carbocycles. The third kappa shape index (κ3) is 3.77. The molecule has 1 nitrogen and oxygen atoms in total. The van der Waals surface area contributed by atoms with Crippen molar-refractivity contribution in [3.8, 4) is 0 Å². The third-order valence-corrected chi connectivity index (χ3v) is 1.85. The largest absolute Gasteiger partial charge is 0.298 e. The van der Waals surface area contributed by atoms with Crippen molar-refractivity contribution >= 4 is 29.0 Å². The van der Waals surface area contributed by atoms with Crippen molar-refractivity contribution in [2.45, 2.75) is 25.1 Å². The van der Waals surface area contributed by atoms with Crippen LogP contribution in [0.15, 0.2) is 0 Å². The van der Waals surface area contributed by atoms with E-state index in [4.69, 9.17) is 23.2 Å². The van der Waals surface area contributed by atoms with Crippen molar-refractivity contribution in [2.75, 3.05) is 5.88 Å². The van der Waals surface area contributed by atoms with Crippen LogP contribution in [-0.4, -0.2) is 17.0 Å². The van der Waals surface area contributed by atoms with Crippen LogP contribution in [-0.2, 0) is 4.79 Å². The van der Waals surface area contributed by atoms with E-state index in [-0.39, 0.29) is 11.7 Å². The van der Waals surface area contributed by atoms with Gasteiger partial charge < -0.3 is 0 Å². The zero-order chi connectivity index (χ0) is 7.28. The van der Waals surface area contributed by atoms with Gasteiger partial charge in [-0.15, -0.1) is 23.2 Å². The second-order valence-electron chi connectivity index (χ2n) is 1.84. The Bertz CT molecular complexity index is 93.1. The molecule has 3 heteroatoms. The standard InChI is InChI=1S/C6H10Cl2O/c1-2-3-6(9)5(8)4-7/h5H,2-4H2,1H3. The summed E-state index contributed by atoms with van der Waals surface area (Å²) in [5, 5.41) is -0.480. The maximum atomic E-state index is 10.8. The minimum Gasteiger partial charge on any atom is -0.298 e. The molecule has 1 unspecified atom stereocenters. The predicted octanol–water partition coefficient (Wildman–Crippen LogP) is 2.20. The van der Waals surface area contributed by atoms with Gasteiger partial charge >= 0.3 is 0 Å². The highest BCUT2D eigenvalue weighted by Crippen LogP contribution is 2.04. The molecule has 54 valence electrons. The molecule has 0 saturated heterocycles. The van der Waals surface area contributed by atoms with Crippen molar-refractivity contribution < 1.29 is 4.79 Å². The summed E-state index contributed by atoms with van der Waals surface area (Å²) in [7, 11) is 0. The first-order chi connectivity index (χ1) is 4.22. The molecule has 0 aromatic rings. The monoisotopic (exact) mass is 168 g/mol. The number of hydrogen-bond donors (Lipinski definition) is 0. The molecule has 0 bridgehead atoms. The van der Waals surface area contributed by atoms with E-state index < -0.39 is 5.38 Å². The molecule has 0 N–H and O–H groups in total. The molecular formula is C6H10Cl2O. The van der Waals surface area contributed by atoms with Crippen LogP contribution in [0.25, 0.3) is 0 Å². The van der Waals surface area contributed by atoms with E-state index in [0.717, 1.165) is 6.42 Å². The molecule has 0 saturated carbocycles. The minimum absolute atomic E-state index is 0.0502. The smallest absolute Gasteiger partial charge is 0.151 e. The predicted molar refractivity (Wildman–Crippen MR) is 40.3 cm³/mol. The topological polar surface area (TPSA) is 17.1 Å². The van der Waals surface area contributed by atoms with Gasteiger partial charge in [0.15, 0.2) is 5.78 Å². The fourth-order valence-electron chi connectivity index (χ4n) is 0.489. The van der Waals surface area contributed by atoms with Crippen molar-refractivity contribution in [3.05, 3.63) is 0 Å². The second-order valence-corrected chi connectivity index (χ2v) is 2.67. The number of rotatable bonds is 4. The summed E-state index contributed by atoms with van der Waals surface area (Å²) in [5.41, 5.74) is 0. The lowest BCUT2D eigenvalue weighted by Gasteiger charge is -2.00. The Morgan fingerprint density at radius 2 is 2.22 bits per heavy atom. The van der Waals surface area contributed by atoms with Gasteiger partial charge in [0.2, 0.25) is 0 Å². The number of ketones is 1. The second kappa shape index (κ2) is 5.07. The Hall–Kier alpha value is 0.250. The van der Waals surface area contributed by atoms with Gasteiger partial charge in [0, 0.05) is 12.3 Å². The number of hydrogen-bond acceptors (Lipinski definition) is 1. The highest BCUT2D eigenvalue weighted by molar-refractivity contribution is 6.36. The number of Topliss-reactive ketones (excluding diaryl/α,β-unsaturated/α-hetero) is 1. The molecule has 0 aliphatic rings. The van der Waals surface area contributed by atoms with Gasteiger partial charge in [-0.2, -0.15) is 0 Å². The van der Waals surface area contributed by atoms with Crippen LogP contribution in [0.3, 0.4) is 0 Å². The minimum atomic E-state index is -0.480. The highest BCUT2D eigenvalue weighted by Gasteiger charge is 2.11. The lowest BCUT2D eigenvalue weighted by Crippen LogP contribution is -2.14. The summed E-state index contributed by atoms with van der Waals surface area (Å²) in [5.74, 6) is 0.273. The quantitative estimate of drug-likeness (QED) is 0.589. The molecule has 0 spiro atoms. The van der Waals surface area contributed by atoms with Gasteiger partial charge in [0.05, 0.1) is 0 Å².